The topological polar surface area (TPSA) is 66.0 Å². The maximum absolute atomic E-state index is 5.97. The van der Waals surface area contributed by atoms with Crippen molar-refractivity contribution in [3.05, 3.63) is 52.4 Å². The minimum Gasteiger partial charge on any atom is -0.365 e. The van der Waals surface area contributed by atoms with Crippen LogP contribution in [0.3, 0.4) is 0 Å². The number of fused-ring (bicyclic) bond motifs is 1. The molecule has 0 spiro atoms. The molecule has 1 aliphatic heterocycles. The molecule has 0 N–H and O–H groups in total. The summed E-state index contributed by atoms with van der Waals surface area (Å²) in [4.78, 5) is 4.47. The van der Waals surface area contributed by atoms with Crippen LogP contribution in [-0.2, 0) is 23.3 Å². The molecule has 4 rings (SSSR count). The predicted molar refractivity (Wildman–Crippen MR) is 93.2 cm³/mol. The quantitative estimate of drug-likeness (QED) is 0.688. The van der Waals surface area contributed by atoms with Gasteiger partial charge in [-0.1, -0.05) is 49.7 Å². The zero-order chi connectivity index (χ0) is 17.6. The first-order valence-corrected chi connectivity index (χ1v) is 8.56. The highest BCUT2D eigenvalue weighted by atomic mass is 35.5. The van der Waals surface area contributed by atoms with Gasteiger partial charge in [-0.25, -0.2) is 0 Å². The zero-order valence-electron chi connectivity index (χ0n) is 14.4. The Kier molecular flexibility index (Phi) is 3.89. The summed E-state index contributed by atoms with van der Waals surface area (Å²) in [5.41, 5.74) is 2.60. The molecule has 0 aliphatic carbocycles. The molecule has 25 heavy (non-hydrogen) atoms. The summed E-state index contributed by atoms with van der Waals surface area (Å²) in [6.07, 6.45) is -0.0506. The third-order valence-electron chi connectivity index (χ3n) is 4.19. The summed E-state index contributed by atoms with van der Waals surface area (Å²) < 4.78 is 13.3. The first-order chi connectivity index (χ1) is 11.9. The Morgan fingerprint density at radius 3 is 2.64 bits per heavy atom. The van der Waals surface area contributed by atoms with Crippen LogP contribution in [0.4, 0.5) is 0 Å². The van der Waals surface area contributed by atoms with Crippen molar-refractivity contribution in [1.29, 1.82) is 0 Å². The van der Waals surface area contributed by atoms with Gasteiger partial charge in [-0.3, -0.25) is 4.68 Å². The molecule has 0 saturated heterocycles. The SMILES string of the molecule is CC(C)(C)c1noc(-c2cc3n(n2)CC(c2ccc(Cl)cc2)OC3)n1. The second-order valence-electron chi connectivity index (χ2n) is 7.23. The monoisotopic (exact) mass is 358 g/mol. The molecule has 0 saturated carbocycles. The van der Waals surface area contributed by atoms with Crippen LogP contribution in [0, 0.1) is 0 Å². The van der Waals surface area contributed by atoms with Gasteiger partial charge in [-0.15, -0.1) is 0 Å². The Balaban J connectivity index is 1.58. The molecule has 2 aromatic heterocycles. The zero-order valence-corrected chi connectivity index (χ0v) is 15.1. The van der Waals surface area contributed by atoms with E-state index < -0.39 is 0 Å². The average Bonchev–Trinajstić information content (AvgIpc) is 3.21. The molecule has 7 heteroatoms. The standard InChI is InChI=1S/C18H19ClN4O2/c1-18(2,3)17-20-16(25-22-17)14-8-13-10-24-15(9-23(13)21-14)11-4-6-12(19)7-5-11/h4-8,15H,9-10H2,1-3H3. The molecule has 0 bridgehead atoms. The van der Waals surface area contributed by atoms with Crippen molar-refractivity contribution in [1.82, 2.24) is 19.9 Å². The lowest BCUT2D eigenvalue weighted by atomic mass is 9.96. The van der Waals surface area contributed by atoms with Crippen LogP contribution in [0.5, 0.6) is 0 Å². The van der Waals surface area contributed by atoms with Gasteiger partial charge >= 0.3 is 0 Å². The Labute approximate surface area is 150 Å². The molecule has 1 atom stereocenters. The van der Waals surface area contributed by atoms with E-state index in [4.69, 9.17) is 20.9 Å². The number of rotatable bonds is 2. The first kappa shape index (κ1) is 16.3. The number of halogens is 1. The molecule has 6 nitrogen and oxygen atoms in total. The molecular formula is C18H19ClN4O2. The van der Waals surface area contributed by atoms with Gasteiger partial charge in [0.05, 0.1) is 18.8 Å². The maximum atomic E-state index is 5.97. The smallest absolute Gasteiger partial charge is 0.278 e. The Morgan fingerprint density at radius 1 is 1.20 bits per heavy atom. The number of nitrogens with zero attached hydrogens (tertiary/aromatic N) is 4. The van der Waals surface area contributed by atoms with Crippen molar-refractivity contribution in [3.63, 3.8) is 0 Å². The highest BCUT2D eigenvalue weighted by Gasteiger charge is 2.26. The fraction of sp³-hybridized carbons (Fsp3) is 0.389. The fourth-order valence-corrected chi connectivity index (χ4v) is 2.87. The maximum Gasteiger partial charge on any atom is 0.278 e. The van der Waals surface area contributed by atoms with E-state index in [1.54, 1.807) is 0 Å². The summed E-state index contributed by atoms with van der Waals surface area (Å²) in [6, 6.07) is 9.65. The van der Waals surface area contributed by atoms with Gasteiger partial charge in [0.25, 0.3) is 5.89 Å². The number of hydrogen-bond acceptors (Lipinski definition) is 5. The third kappa shape index (κ3) is 3.19. The van der Waals surface area contributed by atoms with Crippen LogP contribution in [0.25, 0.3) is 11.6 Å². The Morgan fingerprint density at radius 2 is 1.96 bits per heavy atom. The van der Waals surface area contributed by atoms with Crippen molar-refractivity contribution in [3.8, 4) is 11.6 Å². The Bertz CT molecular complexity index is 893. The van der Waals surface area contributed by atoms with E-state index in [1.807, 2.05) is 55.8 Å². The molecule has 1 aliphatic rings. The predicted octanol–water partition coefficient (Wildman–Crippen LogP) is 4.16. The van der Waals surface area contributed by atoms with E-state index in [9.17, 15) is 0 Å². The minimum atomic E-state index is -0.163. The van der Waals surface area contributed by atoms with E-state index in [1.165, 1.54) is 0 Å². The molecule has 3 heterocycles. The van der Waals surface area contributed by atoms with Gasteiger partial charge in [0.1, 0.15) is 6.10 Å². The van der Waals surface area contributed by atoms with Crippen molar-refractivity contribution < 1.29 is 9.26 Å². The van der Waals surface area contributed by atoms with Crippen LogP contribution in [0.15, 0.2) is 34.9 Å². The lowest BCUT2D eigenvalue weighted by molar-refractivity contribution is -0.00112. The largest absolute Gasteiger partial charge is 0.365 e. The summed E-state index contributed by atoms with van der Waals surface area (Å²) >= 11 is 5.96. The second kappa shape index (κ2) is 5.97. The van der Waals surface area contributed by atoms with Gasteiger partial charge in [-0.05, 0) is 23.8 Å². The lowest BCUT2D eigenvalue weighted by Gasteiger charge is -2.24. The third-order valence-corrected chi connectivity index (χ3v) is 4.44. The van der Waals surface area contributed by atoms with Gasteiger partial charge in [0.2, 0.25) is 0 Å². The molecule has 3 aromatic rings. The number of ether oxygens (including phenoxy) is 1. The van der Waals surface area contributed by atoms with E-state index in [0.717, 1.165) is 11.3 Å². The molecule has 0 fully saturated rings. The lowest BCUT2D eigenvalue weighted by Crippen LogP contribution is -2.21. The van der Waals surface area contributed by atoms with Crippen molar-refractivity contribution in [2.45, 2.75) is 45.4 Å². The van der Waals surface area contributed by atoms with Crippen molar-refractivity contribution in [2.75, 3.05) is 0 Å². The normalized spacial score (nSPS) is 17.5. The molecule has 1 aromatic carbocycles. The van der Waals surface area contributed by atoms with E-state index in [2.05, 4.69) is 15.2 Å². The highest BCUT2D eigenvalue weighted by Crippen LogP contribution is 2.30. The van der Waals surface area contributed by atoms with Crippen LogP contribution >= 0.6 is 11.6 Å². The summed E-state index contributed by atoms with van der Waals surface area (Å²) in [5, 5.41) is 9.40. The number of benzene rings is 1. The van der Waals surface area contributed by atoms with E-state index in [0.29, 0.717) is 35.6 Å². The molecule has 0 amide bonds. The number of hydrogen-bond donors (Lipinski definition) is 0. The van der Waals surface area contributed by atoms with Crippen LogP contribution < -0.4 is 0 Å². The van der Waals surface area contributed by atoms with Crippen LogP contribution in [0.1, 0.15) is 44.0 Å². The van der Waals surface area contributed by atoms with E-state index >= 15 is 0 Å². The highest BCUT2D eigenvalue weighted by molar-refractivity contribution is 6.30. The van der Waals surface area contributed by atoms with Gasteiger partial charge in [0.15, 0.2) is 11.5 Å². The summed E-state index contributed by atoms with van der Waals surface area (Å²) in [5.74, 6) is 1.11. The molecular weight excluding hydrogens is 340 g/mol. The van der Waals surface area contributed by atoms with Gasteiger partial charge < -0.3 is 9.26 Å². The average molecular weight is 359 g/mol. The minimum absolute atomic E-state index is 0.0506. The first-order valence-electron chi connectivity index (χ1n) is 8.18. The second-order valence-corrected chi connectivity index (χ2v) is 7.66. The van der Waals surface area contributed by atoms with E-state index in [-0.39, 0.29) is 11.5 Å². The number of aromatic nitrogens is 4. The van der Waals surface area contributed by atoms with Gasteiger partial charge in [0, 0.05) is 10.4 Å². The summed E-state index contributed by atoms with van der Waals surface area (Å²) in [7, 11) is 0. The fourth-order valence-electron chi connectivity index (χ4n) is 2.74. The molecule has 130 valence electrons. The van der Waals surface area contributed by atoms with Gasteiger partial charge in [-0.2, -0.15) is 10.1 Å². The van der Waals surface area contributed by atoms with Crippen LogP contribution in [-0.4, -0.2) is 19.9 Å². The molecule has 0 radical (unpaired) electrons. The van der Waals surface area contributed by atoms with Crippen molar-refractivity contribution >= 4 is 11.6 Å². The Hall–Kier alpha value is -2.18. The van der Waals surface area contributed by atoms with Crippen molar-refractivity contribution in [2.24, 2.45) is 0 Å². The van der Waals surface area contributed by atoms with Crippen LogP contribution in [0.2, 0.25) is 5.02 Å². The molecule has 1 unspecified atom stereocenters. The summed E-state index contributed by atoms with van der Waals surface area (Å²) in [6.45, 7) is 7.26.